The van der Waals surface area contributed by atoms with Crippen molar-refractivity contribution in [3.05, 3.63) is 34.9 Å². The number of hydrogen-bond donors (Lipinski definition) is 1. The zero-order valence-corrected chi connectivity index (χ0v) is 12.3. The summed E-state index contributed by atoms with van der Waals surface area (Å²) in [5.41, 5.74) is -0.377. The number of aromatic nitrogens is 5. The fourth-order valence-electron chi connectivity index (χ4n) is 1.89. The first-order valence-electron chi connectivity index (χ1n) is 6.54. The van der Waals surface area contributed by atoms with Crippen LogP contribution in [0.5, 0.6) is 0 Å². The number of nitrogens with zero attached hydrogens (tertiary/aromatic N) is 5. The van der Waals surface area contributed by atoms with Gasteiger partial charge in [0.25, 0.3) is 5.56 Å². The number of rotatable bonds is 4. The van der Waals surface area contributed by atoms with E-state index >= 15 is 0 Å². The largest absolute Gasteiger partial charge is 0.365 e. The Balaban J connectivity index is 2.07. The van der Waals surface area contributed by atoms with E-state index in [0.717, 1.165) is 5.82 Å². The quantitative estimate of drug-likeness (QED) is 0.893. The van der Waals surface area contributed by atoms with Crippen LogP contribution in [-0.2, 0) is 19.0 Å². The zero-order chi connectivity index (χ0) is 14.8. The third-order valence-electron chi connectivity index (χ3n) is 3.01. The van der Waals surface area contributed by atoms with Crippen LogP contribution in [0.3, 0.4) is 0 Å². The molecule has 0 spiro atoms. The van der Waals surface area contributed by atoms with Crippen molar-refractivity contribution in [3.8, 4) is 0 Å². The van der Waals surface area contributed by atoms with Crippen LogP contribution < -0.4 is 10.9 Å². The lowest BCUT2D eigenvalue weighted by Crippen LogP contribution is -2.35. The third-order valence-corrected chi connectivity index (χ3v) is 3.01. The second kappa shape index (κ2) is 5.44. The molecule has 0 fully saturated rings. The second-order valence-corrected chi connectivity index (χ2v) is 5.66. The van der Waals surface area contributed by atoms with Gasteiger partial charge in [-0.3, -0.25) is 4.79 Å². The Labute approximate surface area is 117 Å². The molecule has 0 atom stereocenters. The molecule has 0 aliphatic heterocycles. The topological polar surface area (TPSA) is 77.6 Å². The summed E-state index contributed by atoms with van der Waals surface area (Å²) in [6.07, 6.45) is 5.68. The van der Waals surface area contributed by atoms with Gasteiger partial charge in [0.1, 0.15) is 12.2 Å². The molecule has 108 valence electrons. The average Bonchev–Trinajstić information content (AvgIpc) is 2.76. The van der Waals surface area contributed by atoms with Crippen LogP contribution in [0.4, 0.5) is 5.82 Å². The van der Waals surface area contributed by atoms with E-state index in [1.54, 1.807) is 23.3 Å². The standard InChI is InChI=1S/C13H20N6O/c1-13(2,3)19-8-7-15-11(12(19)20)14-6-5-10-17-16-9-18(10)4/h7-9H,5-6H2,1-4H3,(H,14,15). The van der Waals surface area contributed by atoms with Crippen LogP contribution in [0.15, 0.2) is 23.5 Å². The van der Waals surface area contributed by atoms with Gasteiger partial charge in [-0.1, -0.05) is 0 Å². The maximum atomic E-state index is 12.3. The minimum Gasteiger partial charge on any atom is -0.365 e. The summed E-state index contributed by atoms with van der Waals surface area (Å²) in [6, 6.07) is 0. The molecule has 0 saturated heterocycles. The lowest BCUT2D eigenvalue weighted by atomic mass is 10.1. The van der Waals surface area contributed by atoms with Gasteiger partial charge in [-0.15, -0.1) is 10.2 Å². The summed E-state index contributed by atoms with van der Waals surface area (Å²) in [7, 11) is 1.89. The summed E-state index contributed by atoms with van der Waals surface area (Å²) < 4.78 is 3.53. The summed E-state index contributed by atoms with van der Waals surface area (Å²) in [4.78, 5) is 16.4. The van der Waals surface area contributed by atoms with Crippen molar-refractivity contribution in [2.45, 2.75) is 32.7 Å². The molecule has 0 aliphatic carbocycles. The molecule has 0 radical (unpaired) electrons. The maximum Gasteiger partial charge on any atom is 0.293 e. The Morgan fingerprint density at radius 1 is 1.35 bits per heavy atom. The first-order chi connectivity index (χ1) is 9.39. The molecular weight excluding hydrogens is 256 g/mol. The van der Waals surface area contributed by atoms with E-state index in [9.17, 15) is 4.79 Å². The molecule has 0 amide bonds. The molecule has 0 aliphatic rings. The monoisotopic (exact) mass is 276 g/mol. The predicted molar refractivity (Wildman–Crippen MR) is 76.7 cm³/mol. The van der Waals surface area contributed by atoms with E-state index in [1.165, 1.54) is 0 Å². The molecule has 0 saturated carbocycles. The van der Waals surface area contributed by atoms with E-state index in [2.05, 4.69) is 20.5 Å². The van der Waals surface area contributed by atoms with Crippen molar-refractivity contribution in [2.75, 3.05) is 11.9 Å². The average molecular weight is 276 g/mol. The smallest absolute Gasteiger partial charge is 0.293 e. The van der Waals surface area contributed by atoms with E-state index < -0.39 is 0 Å². The summed E-state index contributed by atoms with van der Waals surface area (Å²) in [5, 5.41) is 10.9. The van der Waals surface area contributed by atoms with Gasteiger partial charge in [-0.25, -0.2) is 4.98 Å². The molecule has 2 heterocycles. The van der Waals surface area contributed by atoms with Gasteiger partial charge >= 0.3 is 0 Å². The highest BCUT2D eigenvalue weighted by atomic mass is 16.1. The van der Waals surface area contributed by atoms with Crippen molar-refractivity contribution in [2.24, 2.45) is 7.05 Å². The lowest BCUT2D eigenvalue weighted by molar-refractivity contribution is 0.383. The Morgan fingerprint density at radius 2 is 2.10 bits per heavy atom. The molecule has 2 rings (SSSR count). The normalized spacial score (nSPS) is 11.6. The first kappa shape index (κ1) is 14.2. The highest BCUT2D eigenvalue weighted by molar-refractivity contribution is 5.31. The van der Waals surface area contributed by atoms with Gasteiger partial charge in [0.05, 0.1) is 0 Å². The molecule has 0 aromatic carbocycles. The molecule has 2 aromatic rings. The predicted octanol–water partition coefficient (Wildman–Crippen LogP) is 0.781. The number of aryl methyl sites for hydroxylation is 1. The van der Waals surface area contributed by atoms with Crippen LogP contribution >= 0.6 is 0 Å². The Hall–Kier alpha value is -2.18. The van der Waals surface area contributed by atoms with Crippen LogP contribution in [0.25, 0.3) is 0 Å². The van der Waals surface area contributed by atoms with E-state index in [-0.39, 0.29) is 11.1 Å². The maximum absolute atomic E-state index is 12.3. The lowest BCUT2D eigenvalue weighted by Gasteiger charge is -2.22. The van der Waals surface area contributed by atoms with Gasteiger partial charge in [0.15, 0.2) is 5.82 Å². The molecule has 20 heavy (non-hydrogen) atoms. The van der Waals surface area contributed by atoms with Crippen LogP contribution in [0.2, 0.25) is 0 Å². The molecular formula is C13H20N6O. The number of nitrogens with one attached hydrogen (secondary N) is 1. The molecule has 2 aromatic heterocycles. The fraction of sp³-hybridized carbons (Fsp3) is 0.538. The molecule has 0 bridgehead atoms. The highest BCUT2D eigenvalue weighted by Crippen LogP contribution is 2.10. The summed E-state index contributed by atoms with van der Waals surface area (Å²) >= 11 is 0. The van der Waals surface area contributed by atoms with E-state index in [4.69, 9.17) is 0 Å². The highest BCUT2D eigenvalue weighted by Gasteiger charge is 2.16. The van der Waals surface area contributed by atoms with Gasteiger partial charge in [-0.05, 0) is 20.8 Å². The van der Waals surface area contributed by atoms with Crippen molar-refractivity contribution >= 4 is 5.82 Å². The third kappa shape index (κ3) is 3.04. The SMILES string of the molecule is Cn1cnnc1CCNc1nccn(C(C)(C)C)c1=O. The minimum absolute atomic E-state index is 0.113. The minimum atomic E-state index is -0.264. The molecule has 1 N–H and O–H groups in total. The van der Waals surface area contributed by atoms with Crippen LogP contribution in [-0.4, -0.2) is 30.9 Å². The molecule has 0 unspecified atom stereocenters. The fourth-order valence-corrected chi connectivity index (χ4v) is 1.89. The zero-order valence-electron chi connectivity index (χ0n) is 12.3. The van der Waals surface area contributed by atoms with Crippen molar-refractivity contribution in [1.29, 1.82) is 0 Å². The second-order valence-electron chi connectivity index (χ2n) is 5.66. The summed E-state index contributed by atoms with van der Waals surface area (Å²) in [6.45, 7) is 6.54. The Morgan fingerprint density at radius 3 is 2.70 bits per heavy atom. The van der Waals surface area contributed by atoms with E-state index in [0.29, 0.717) is 18.8 Å². The molecule has 7 heteroatoms. The van der Waals surface area contributed by atoms with Gasteiger partial charge < -0.3 is 14.5 Å². The number of anilines is 1. The summed E-state index contributed by atoms with van der Waals surface area (Å²) in [5.74, 6) is 1.23. The van der Waals surface area contributed by atoms with Crippen molar-refractivity contribution in [3.63, 3.8) is 0 Å². The van der Waals surface area contributed by atoms with Crippen molar-refractivity contribution < 1.29 is 0 Å². The van der Waals surface area contributed by atoms with Gasteiger partial charge in [-0.2, -0.15) is 0 Å². The first-order valence-corrected chi connectivity index (χ1v) is 6.54. The number of hydrogen-bond acceptors (Lipinski definition) is 5. The van der Waals surface area contributed by atoms with Gasteiger partial charge in [0, 0.05) is 37.9 Å². The Kier molecular flexibility index (Phi) is 3.87. The van der Waals surface area contributed by atoms with Crippen LogP contribution in [0.1, 0.15) is 26.6 Å². The van der Waals surface area contributed by atoms with Gasteiger partial charge in [0.2, 0.25) is 0 Å². The molecule has 7 nitrogen and oxygen atoms in total. The van der Waals surface area contributed by atoms with Crippen molar-refractivity contribution in [1.82, 2.24) is 24.3 Å². The van der Waals surface area contributed by atoms with E-state index in [1.807, 2.05) is 32.4 Å². The van der Waals surface area contributed by atoms with Crippen LogP contribution in [0, 0.1) is 0 Å². The Bertz CT molecular complexity index is 637.